The van der Waals surface area contributed by atoms with Crippen molar-refractivity contribution in [3.8, 4) is 0 Å². The van der Waals surface area contributed by atoms with E-state index in [9.17, 15) is 14.4 Å². The first-order chi connectivity index (χ1) is 11.3. The van der Waals surface area contributed by atoms with Crippen molar-refractivity contribution in [2.75, 3.05) is 5.73 Å². The first-order valence-corrected chi connectivity index (χ1v) is 6.41. The van der Waals surface area contributed by atoms with E-state index in [0.717, 1.165) is 4.57 Å². The fourth-order valence-electron chi connectivity index (χ4n) is 2.53. The fourth-order valence-corrected chi connectivity index (χ4v) is 2.53. The van der Waals surface area contributed by atoms with Gasteiger partial charge in [-0.25, -0.2) is 4.98 Å². The predicted molar refractivity (Wildman–Crippen MR) is 78.1 cm³/mol. The Balaban J connectivity index is 2.27. The van der Waals surface area contributed by atoms with Gasteiger partial charge >= 0.3 is 0 Å². The van der Waals surface area contributed by atoms with Crippen LogP contribution >= 0.6 is 0 Å². The van der Waals surface area contributed by atoms with Crippen molar-refractivity contribution in [2.24, 2.45) is 0 Å². The van der Waals surface area contributed by atoms with Crippen LogP contribution in [0.25, 0.3) is 10.9 Å². The number of hydrogen-bond acceptors (Lipinski definition) is 5. The summed E-state index contributed by atoms with van der Waals surface area (Å²) >= 11 is 0. The maximum Gasteiger partial charge on any atom is 0.264 e. The third kappa shape index (κ3) is 2.12. The Labute approximate surface area is 124 Å². The lowest BCUT2D eigenvalue weighted by Crippen LogP contribution is -2.36. The molecule has 1 atom stereocenters. The lowest BCUT2D eigenvalue weighted by Gasteiger charge is -2.24. The molecule has 1 saturated carbocycles. The quantitative estimate of drug-likeness (QED) is 0.627. The number of fused-ring (bicyclic) bond motifs is 1. The summed E-state index contributed by atoms with van der Waals surface area (Å²) in [5.74, 6) is -1.30. The number of benzene rings is 1. The summed E-state index contributed by atoms with van der Waals surface area (Å²) in [6, 6.07) is 3.58. The summed E-state index contributed by atoms with van der Waals surface area (Å²) in [6.07, 6.45) is -3.23. The second-order valence-corrected chi connectivity index (χ2v) is 4.91. The van der Waals surface area contributed by atoms with Crippen LogP contribution in [0.2, 0.25) is 0 Å². The van der Waals surface area contributed by atoms with Gasteiger partial charge < -0.3 is 5.73 Å². The smallest absolute Gasteiger partial charge is 0.264 e. The molecule has 2 aromatic rings. The van der Waals surface area contributed by atoms with Gasteiger partial charge in [-0.2, -0.15) is 0 Å². The van der Waals surface area contributed by atoms with Gasteiger partial charge in [0.05, 0.1) is 23.4 Å². The molecular formula is C15H15N3O3. The number of nitrogen functional groups attached to an aromatic ring is 1. The monoisotopic (exact) mass is 288 g/mol. The van der Waals surface area contributed by atoms with Crippen molar-refractivity contribution in [2.45, 2.75) is 32.2 Å². The first-order valence-electron chi connectivity index (χ1n) is 8.12. The number of Topliss-reactive ketones (excluding diaryl/α,β-unsaturated/α-hetero) is 2. The Morgan fingerprint density at radius 3 is 3.00 bits per heavy atom. The molecule has 0 amide bonds. The largest absolute Gasteiger partial charge is 0.398 e. The lowest BCUT2D eigenvalue weighted by atomic mass is 9.92. The van der Waals surface area contributed by atoms with Crippen molar-refractivity contribution < 1.29 is 13.7 Å². The van der Waals surface area contributed by atoms with Crippen LogP contribution in [0.15, 0.2) is 23.0 Å². The van der Waals surface area contributed by atoms with Gasteiger partial charge in [-0.1, -0.05) is 6.07 Å². The van der Waals surface area contributed by atoms with Gasteiger partial charge in [0.2, 0.25) is 0 Å². The Morgan fingerprint density at radius 2 is 2.24 bits per heavy atom. The highest BCUT2D eigenvalue weighted by Crippen LogP contribution is 2.24. The Morgan fingerprint density at radius 1 is 1.43 bits per heavy atom. The van der Waals surface area contributed by atoms with Gasteiger partial charge in [-0.15, -0.1) is 0 Å². The highest BCUT2D eigenvalue weighted by molar-refractivity contribution is 6.03. The number of nitrogens with two attached hydrogens (primary N) is 1. The number of aromatic nitrogens is 2. The van der Waals surface area contributed by atoms with Crippen LogP contribution in [0.5, 0.6) is 0 Å². The molecular weight excluding hydrogens is 270 g/mol. The molecule has 6 nitrogen and oxygen atoms in total. The molecule has 1 aliphatic rings. The van der Waals surface area contributed by atoms with Gasteiger partial charge in [0.1, 0.15) is 11.6 Å². The normalized spacial score (nSPS) is 23.6. The standard InChI is InChI=1S/C15H15N3O3/c1-8-17-11-4-2-3-10(16)14(11)15(21)18(8)12-6-5-9(19)7-13(12)20/h2-4,12H,5-7,16H2,1H3/i1D,5D2. The van der Waals surface area contributed by atoms with Crippen LogP contribution in [0, 0.1) is 6.90 Å². The molecule has 0 spiro atoms. The van der Waals surface area contributed by atoms with E-state index in [4.69, 9.17) is 9.85 Å². The van der Waals surface area contributed by atoms with E-state index in [1.165, 1.54) is 6.07 Å². The molecule has 1 unspecified atom stereocenters. The summed E-state index contributed by atoms with van der Waals surface area (Å²) in [7, 11) is 0. The van der Waals surface area contributed by atoms with Gasteiger partial charge in [-0.05, 0) is 25.5 Å². The fraction of sp³-hybridized carbons (Fsp3) is 0.333. The van der Waals surface area contributed by atoms with Crippen molar-refractivity contribution in [1.29, 1.82) is 0 Å². The van der Waals surface area contributed by atoms with Gasteiger partial charge in [-0.3, -0.25) is 19.0 Å². The second kappa shape index (κ2) is 4.80. The molecule has 0 radical (unpaired) electrons. The minimum atomic E-state index is -2.20. The van der Waals surface area contributed by atoms with E-state index in [-0.39, 0.29) is 23.8 Å². The Hall–Kier alpha value is -2.50. The zero-order chi connectivity index (χ0) is 17.6. The zero-order valence-electron chi connectivity index (χ0n) is 14.1. The molecule has 1 aromatic carbocycles. The molecule has 1 aliphatic carbocycles. The summed E-state index contributed by atoms with van der Waals surface area (Å²) < 4.78 is 24.2. The molecule has 0 bridgehead atoms. The average molecular weight is 288 g/mol. The minimum absolute atomic E-state index is 0.0431. The maximum absolute atomic E-state index is 12.9. The molecule has 0 aliphatic heterocycles. The molecule has 1 aromatic heterocycles. The number of anilines is 1. The molecule has 0 saturated heterocycles. The van der Waals surface area contributed by atoms with E-state index in [1.807, 2.05) is 0 Å². The molecule has 3 rings (SSSR count). The number of hydrogen-bond donors (Lipinski definition) is 1. The van der Waals surface area contributed by atoms with Crippen LogP contribution in [0.1, 0.15) is 35.2 Å². The van der Waals surface area contributed by atoms with E-state index >= 15 is 0 Å². The summed E-state index contributed by atoms with van der Waals surface area (Å²) in [5, 5.41) is 0.125. The van der Waals surface area contributed by atoms with Crippen molar-refractivity contribution in [1.82, 2.24) is 9.55 Å². The maximum atomic E-state index is 12.9. The third-order valence-electron chi connectivity index (χ3n) is 3.55. The minimum Gasteiger partial charge on any atom is -0.398 e. The third-order valence-corrected chi connectivity index (χ3v) is 3.55. The van der Waals surface area contributed by atoms with Gasteiger partial charge in [0, 0.05) is 16.2 Å². The van der Waals surface area contributed by atoms with Crippen LogP contribution in [0.4, 0.5) is 5.69 Å². The number of nitrogens with zero attached hydrogens (tertiary/aromatic N) is 2. The SMILES string of the molecule is [2H]Cc1nc2cccc(N)c2c(=O)n1C1CC([2H])([2H])C(=O)CC1=O. The summed E-state index contributed by atoms with van der Waals surface area (Å²) in [5.41, 5.74) is 5.76. The van der Waals surface area contributed by atoms with Crippen LogP contribution in [-0.2, 0) is 9.59 Å². The highest BCUT2D eigenvalue weighted by atomic mass is 16.2. The van der Waals surface area contributed by atoms with Gasteiger partial charge in [0.25, 0.3) is 5.56 Å². The van der Waals surface area contributed by atoms with E-state index in [2.05, 4.69) is 4.98 Å². The molecule has 1 fully saturated rings. The summed E-state index contributed by atoms with van der Waals surface area (Å²) in [4.78, 5) is 41.0. The predicted octanol–water partition coefficient (Wildman–Crippen LogP) is 1.15. The second-order valence-electron chi connectivity index (χ2n) is 4.91. The van der Waals surface area contributed by atoms with E-state index in [0.29, 0.717) is 5.52 Å². The Kier molecular flexibility index (Phi) is 2.35. The lowest BCUT2D eigenvalue weighted by molar-refractivity contribution is -0.132. The number of carbonyl (C=O) groups is 2. The molecule has 2 N–H and O–H groups in total. The number of ketones is 2. The number of rotatable bonds is 1. The molecule has 1 heterocycles. The number of aryl methyl sites for hydroxylation is 1. The number of carbonyl (C=O) groups excluding carboxylic acids is 2. The van der Waals surface area contributed by atoms with Gasteiger partial charge in [0.15, 0.2) is 5.78 Å². The topological polar surface area (TPSA) is 95.0 Å². The van der Waals surface area contributed by atoms with E-state index in [1.54, 1.807) is 12.1 Å². The summed E-state index contributed by atoms with van der Waals surface area (Å²) in [6.45, 7) is -0.360. The highest BCUT2D eigenvalue weighted by Gasteiger charge is 2.30. The van der Waals surface area contributed by atoms with Crippen LogP contribution in [-0.4, -0.2) is 21.1 Å². The molecule has 6 heteroatoms. The van der Waals surface area contributed by atoms with Crippen molar-refractivity contribution in [3.63, 3.8) is 0 Å². The Bertz CT molecular complexity index is 923. The van der Waals surface area contributed by atoms with Crippen LogP contribution in [0.3, 0.4) is 0 Å². The first kappa shape index (κ1) is 10.3. The van der Waals surface area contributed by atoms with Crippen molar-refractivity contribution in [3.05, 3.63) is 34.4 Å². The zero-order valence-corrected chi connectivity index (χ0v) is 11.1. The molecule has 108 valence electrons. The molecule has 21 heavy (non-hydrogen) atoms. The van der Waals surface area contributed by atoms with E-state index < -0.39 is 42.4 Å². The van der Waals surface area contributed by atoms with Crippen LogP contribution < -0.4 is 11.3 Å². The average Bonchev–Trinajstić information content (AvgIpc) is 2.51. The van der Waals surface area contributed by atoms with Crippen molar-refractivity contribution >= 4 is 28.2 Å².